The summed E-state index contributed by atoms with van der Waals surface area (Å²) >= 11 is 0. The van der Waals surface area contributed by atoms with Crippen LogP contribution < -0.4 is 0 Å². The number of carboxylic acid groups (broad SMARTS) is 1. The van der Waals surface area contributed by atoms with Gasteiger partial charge in [-0.25, -0.2) is 0 Å². The largest absolute Gasteiger partial charge is 0.481 e. The Morgan fingerprint density at radius 3 is 1.91 bits per heavy atom. The third kappa shape index (κ3) is 4.17. The number of esters is 1. The minimum absolute atomic E-state index is 0.0456. The highest BCUT2D eigenvalue weighted by molar-refractivity contribution is 6.32. The van der Waals surface area contributed by atoms with Crippen molar-refractivity contribution in [1.82, 2.24) is 0 Å². The molecule has 6 nitrogen and oxygen atoms in total. The number of carbonyl (C=O) groups excluding carboxylic acids is 3. The van der Waals surface area contributed by atoms with E-state index in [9.17, 15) is 24.3 Å². The van der Waals surface area contributed by atoms with E-state index >= 15 is 0 Å². The van der Waals surface area contributed by atoms with Crippen LogP contribution in [0.3, 0.4) is 0 Å². The van der Waals surface area contributed by atoms with E-state index < -0.39 is 39.9 Å². The molecule has 1 N–H and O–H groups in total. The summed E-state index contributed by atoms with van der Waals surface area (Å²) in [6.07, 6.45) is 0.0456. The molecule has 0 fully saturated rings. The van der Waals surface area contributed by atoms with Crippen LogP contribution >= 0.6 is 0 Å². The fourth-order valence-electron chi connectivity index (χ4n) is 4.06. The van der Waals surface area contributed by atoms with Gasteiger partial charge in [-0.15, -0.1) is 0 Å². The number of benzene rings is 2. The standard InChI is InChI=1S/C28H32O6/c1-16(2)17-12-13-21(18(14-17)15-27(6,7)24(31)32)28(34-25(33)26(3,4)5)22(29)19-10-8-9-11-20(19)23(28)30/h8-14,16H,15H2,1-7H3,(H,31,32). The first-order valence-corrected chi connectivity index (χ1v) is 11.4. The second-order valence-corrected chi connectivity index (χ2v) is 11.0. The van der Waals surface area contributed by atoms with E-state index in [0.29, 0.717) is 5.56 Å². The molecule has 0 atom stereocenters. The Morgan fingerprint density at radius 2 is 1.47 bits per heavy atom. The zero-order valence-corrected chi connectivity index (χ0v) is 20.8. The van der Waals surface area contributed by atoms with Crippen molar-refractivity contribution < 1.29 is 29.0 Å². The first-order chi connectivity index (χ1) is 15.6. The van der Waals surface area contributed by atoms with E-state index in [1.807, 2.05) is 19.9 Å². The second kappa shape index (κ2) is 8.49. The number of fused-ring (bicyclic) bond motifs is 1. The van der Waals surface area contributed by atoms with E-state index in [2.05, 4.69) is 0 Å². The predicted molar refractivity (Wildman–Crippen MR) is 128 cm³/mol. The van der Waals surface area contributed by atoms with Gasteiger partial charge in [0.15, 0.2) is 0 Å². The first-order valence-electron chi connectivity index (χ1n) is 11.4. The molecule has 0 saturated heterocycles. The maximum absolute atomic E-state index is 13.8. The van der Waals surface area contributed by atoms with Crippen LogP contribution in [0, 0.1) is 10.8 Å². The summed E-state index contributed by atoms with van der Waals surface area (Å²) in [4.78, 5) is 52.8. The van der Waals surface area contributed by atoms with Crippen LogP contribution in [0.4, 0.5) is 0 Å². The van der Waals surface area contributed by atoms with Gasteiger partial charge in [0.05, 0.1) is 10.8 Å². The Bertz CT molecular complexity index is 1140. The quantitative estimate of drug-likeness (QED) is 0.459. The molecule has 6 heteroatoms. The molecule has 2 aromatic rings. The lowest BCUT2D eigenvalue weighted by Gasteiger charge is -2.33. The molecular formula is C28H32O6. The molecule has 1 aliphatic rings. The molecule has 0 heterocycles. The molecule has 0 aromatic heterocycles. The molecule has 0 aliphatic heterocycles. The number of hydrogen-bond acceptors (Lipinski definition) is 5. The molecule has 34 heavy (non-hydrogen) atoms. The van der Waals surface area contributed by atoms with Gasteiger partial charge >= 0.3 is 11.9 Å². The van der Waals surface area contributed by atoms with Crippen molar-refractivity contribution >= 4 is 23.5 Å². The van der Waals surface area contributed by atoms with E-state index in [-0.39, 0.29) is 29.0 Å². The van der Waals surface area contributed by atoms with Crippen LogP contribution in [-0.4, -0.2) is 28.6 Å². The van der Waals surface area contributed by atoms with Crippen molar-refractivity contribution in [3.63, 3.8) is 0 Å². The van der Waals surface area contributed by atoms with Gasteiger partial charge in [-0.2, -0.15) is 0 Å². The van der Waals surface area contributed by atoms with E-state index in [1.54, 1.807) is 71.0 Å². The number of hydrogen-bond donors (Lipinski definition) is 1. The van der Waals surface area contributed by atoms with Crippen LogP contribution in [0.2, 0.25) is 0 Å². The van der Waals surface area contributed by atoms with Gasteiger partial charge in [0.25, 0.3) is 5.60 Å². The molecule has 0 saturated carbocycles. The SMILES string of the molecule is CC(C)c1ccc(C2(OC(=O)C(C)(C)C)C(=O)c3ccccc3C2=O)c(CC(C)(C)C(=O)O)c1. The minimum Gasteiger partial charge on any atom is -0.481 e. The lowest BCUT2D eigenvalue weighted by molar-refractivity contribution is -0.162. The van der Waals surface area contributed by atoms with Crippen molar-refractivity contribution in [1.29, 1.82) is 0 Å². The lowest BCUT2D eigenvalue weighted by atomic mass is 9.77. The zero-order chi connectivity index (χ0) is 25.6. The van der Waals surface area contributed by atoms with Crippen LogP contribution in [-0.2, 0) is 26.3 Å². The number of ether oxygens (including phenoxy) is 1. The third-order valence-electron chi connectivity index (χ3n) is 6.30. The van der Waals surface area contributed by atoms with Gasteiger partial charge in [-0.05, 0) is 58.1 Å². The molecule has 0 radical (unpaired) electrons. The highest BCUT2D eigenvalue weighted by atomic mass is 16.6. The summed E-state index contributed by atoms with van der Waals surface area (Å²) in [5.41, 5.74) is -2.35. The molecular weight excluding hydrogens is 432 g/mol. The fraction of sp³-hybridized carbons (Fsp3) is 0.429. The van der Waals surface area contributed by atoms with Crippen molar-refractivity contribution in [3.05, 3.63) is 70.3 Å². The van der Waals surface area contributed by atoms with Crippen molar-refractivity contribution in [2.75, 3.05) is 0 Å². The summed E-state index contributed by atoms with van der Waals surface area (Å²) < 4.78 is 5.89. The van der Waals surface area contributed by atoms with Gasteiger partial charge in [-0.1, -0.05) is 56.3 Å². The highest BCUT2D eigenvalue weighted by Gasteiger charge is 2.59. The number of aliphatic carboxylic acids is 1. The molecule has 1 aliphatic carbocycles. The van der Waals surface area contributed by atoms with Gasteiger partial charge in [0, 0.05) is 16.7 Å². The number of ketones is 2. The number of rotatable bonds is 6. The molecule has 0 unspecified atom stereocenters. The molecule has 180 valence electrons. The normalized spacial score (nSPS) is 15.4. The van der Waals surface area contributed by atoms with E-state index in [4.69, 9.17) is 4.74 Å². The summed E-state index contributed by atoms with van der Waals surface area (Å²) in [6.45, 7) is 12.1. The molecule has 3 rings (SSSR count). The van der Waals surface area contributed by atoms with Crippen LogP contribution in [0.5, 0.6) is 0 Å². The van der Waals surface area contributed by atoms with Crippen molar-refractivity contribution in [2.24, 2.45) is 10.8 Å². The molecule has 2 aromatic carbocycles. The Morgan fingerprint density at radius 1 is 0.941 bits per heavy atom. The molecule has 0 bridgehead atoms. The van der Waals surface area contributed by atoms with Gasteiger partial charge < -0.3 is 9.84 Å². The Labute approximate surface area is 200 Å². The van der Waals surface area contributed by atoms with E-state index in [0.717, 1.165) is 5.56 Å². The summed E-state index contributed by atoms with van der Waals surface area (Å²) in [5, 5.41) is 9.78. The topological polar surface area (TPSA) is 97.7 Å². The predicted octanol–water partition coefficient (Wildman–Crippen LogP) is 5.33. The second-order valence-electron chi connectivity index (χ2n) is 11.0. The third-order valence-corrected chi connectivity index (χ3v) is 6.30. The number of carboxylic acids is 1. The first kappa shape index (κ1) is 25.3. The van der Waals surface area contributed by atoms with Crippen molar-refractivity contribution in [2.45, 2.75) is 66.4 Å². The summed E-state index contributed by atoms with van der Waals surface area (Å²) in [7, 11) is 0. The van der Waals surface area contributed by atoms with Gasteiger partial charge in [0.2, 0.25) is 11.6 Å². The van der Waals surface area contributed by atoms with Crippen LogP contribution in [0.15, 0.2) is 42.5 Å². The monoisotopic (exact) mass is 464 g/mol. The number of Topliss-reactive ketones (excluding diaryl/α,β-unsaturated/α-hetero) is 2. The highest BCUT2D eigenvalue weighted by Crippen LogP contribution is 2.45. The summed E-state index contributed by atoms with van der Waals surface area (Å²) in [5.74, 6) is -2.81. The maximum Gasteiger partial charge on any atom is 0.313 e. The minimum atomic E-state index is -2.20. The van der Waals surface area contributed by atoms with Gasteiger partial charge in [-0.3, -0.25) is 19.2 Å². The van der Waals surface area contributed by atoms with E-state index in [1.165, 1.54) is 0 Å². The average Bonchev–Trinajstić information content (AvgIpc) is 2.95. The van der Waals surface area contributed by atoms with Crippen LogP contribution in [0.25, 0.3) is 0 Å². The average molecular weight is 465 g/mol. The fourth-order valence-corrected chi connectivity index (χ4v) is 4.06. The zero-order valence-electron chi connectivity index (χ0n) is 20.8. The Balaban J connectivity index is 2.34. The van der Waals surface area contributed by atoms with Crippen LogP contribution in [0.1, 0.15) is 91.8 Å². The molecule has 0 amide bonds. The lowest BCUT2D eigenvalue weighted by Crippen LogP contribution is -2.46. The Kier molecular flexibility index (Phi) is 6.33. The maximum atomic E-state index is 13.8. The summed E-state index contributed by atoms with van der Waals surface area (Å²) in [6, 6.07) is 11.7. The van der Waals surface area contributed by atoms with Gasteiger partial charge in [0.1, 0.15) is 0 Å². The number of carbonyl (C=O) groups is 4. The van der Waals surface area contributed by atoms with Crippen molar-refractivity contribution in [3.8, 4) is 0 Å². The Hall–Kier alpha value is -3.28. The molecule has 0 spiro atoms. The smallest absolute Gasteiger partial charge is 0.313 e.